The SMILES string of the molecule is CC(C)(C)CC(=O)N(CC(N)=O)C1CCCNC1. The fraction of sp³-hybridized carbons (Fsp3) is 0.846. The van der Waals surface area contributed by atoms with Crippen molar-refractivity contribution in [3.63, 3.8) is 0 Å². The number of hydrogen-bond donors (Lipinski definition) is 2. The van der Waals surface area contributed by atoms with E-state index in [1.165, 1.54) is 0 Å². The minimum absolute atomic E-state index is 0.0231. The van der Waals surface area contributed by atoms with Crippen LogP contribution >= 0.6 is 0 Å². The van der Waals surface area contributed by atoms with Gasteiger partial charge in [-0.1, -0.05) is 20.8 Å². The van der Waals surface area contributed by atoms with E-state index in [-0.39, 0.29) is 23.9 Å². The summed E-state index contributed by atoms with van der Waals surface area (Å²) in [5.41, 5.74) is 5.17. The molecule has 1 atom stereocenters. The van der Waals surface area contributed by atoms with Gasteiger partial charge in [0.25, 0.3) is 0 Å². The monoisotopic (exact) mass is 255 g/mol. The first kappa shape index (κ1) is 15.0. The lowest BCUT2D eigenvalue weighted by Crippen LogP contribution is -2.52. The predicted molar refractivity (Wildman–Crippen MR) is 70.9 cm³/mol. The molecular weight excluding hydrogens is 230 g/mol. The van der Waals surface area contributed by atoms with Crippen LogP contribution in [0, 0.1) is 5.41 Å². The zero-order chi connectivity index (χ0) is 13.8. The molecule has 1 aliphatic heterocycles. The fourth-order valence-corrected chi connectivity index (χ4v) is 2.24. The molecule has 0 aromatic heterocycles. The van der Waals surface area contributed by atoms with Crippen LogP contribution in [0.2, 0.25) is 0 Å². The summed E-state index contributed by atoms with van der Waals surface area (Å²) < 4.78 is 0. The summed E-state index contributed by atoms with van der Waals surface area (Å²) >= 11 is 0. The van der Waals surface area contributed by atoms with Gasteiger partial charge in [-0.3, -0.25) is 9.59 Å². The number of nitrogens with zero attached hydrogens (tertiary/aromatic N) is 1. The van der Waals surface area contributed by atoms with E-state index in [0.29, 0.717) is 6.42 Å². The maximum atomic E-state index is 12.3. The number of amides is 2. The third-order valence-electron chi connectivity index (χ3n) is 3.04. The van der Waals surface area contributed by atoms with Crippen molar-refractivity contribution < 1.29 is 9.59 Å². The summed E-state index contributed by atoms with van der Waals surface area (Å²) in [5.74, 6) is -0.419. The first-order valence-electron chi connectivity index (χ1n) is 6.58. The minimum Gasteiger partial charge on any atom is -0.368 e. The largest absolute Gasteiger partial charge is 0.368 e. The summed E-state index contributed by atoms with van der Waals surface area (Å²) in [6.45, 7) is 7.82. The van der Waals surface area contributed by atoms with E-state index in [0.717, 1.165) is 25.9 Å². The Hall–Kier alpha value is -1.10. The maximum absolute atomic E-state index is 12.3. The number of rotatable bonds is 4. The number of nitrogens with two attached hydrogens (primary N) is 1. The van der Waals surface area contributed by atoms with E-state index in [2.05, 4.69) is 5.32 Å². The lowest BCUT2D eigenvalue weighted by Gasteiger charge is -2.35. The Bertz CT molecular complexity index is 304. The molecule has 1 unspecified atom stereocenters. The van der Waals surface area contributed by atoms with Crippen LogP contribution in [0.1, 0.15) is 40.0 Å². The van der Waals surface area contributed by atoms with Crippen molar-refractivity contribution >= 4 is 11.8 Å². The molecule has 1 aliphatic rings. The number of primary amides is 1. The minimum atomic E-state index is -0.442. The average Bonchev–Trinajstić information content (AvgIpc) is 2.24. The molecule has 2 amide bonds. The Morgan fingerprint density at radius 2 is 2.06 bits per heavy atom. The van der Waals surface area contributed by atoms with Crippen molar-refractivity contribution in [1.29, 1.82) is 0 Å². The summed E-state index contributed by atoms with van der Waals surface area (Å²) in [7, 11) is 0. The Balaban J connectivity index is 2.70. The molecule has 18 heavy (non-hydrogen) atoms. The van der Waals surface area contributed by atoms with Gasteiger partial charge in [-0.15, -0.1) is 0 Å². The predicted octanol–water partition coefficient (Wildman–Crippen LogP) is 0.489. The molecule has 0 bridgehead atoms. The Morgan fingerprint density at radius 3 is 2.50 bits per heavy atom. The summed E-state index contributed by atoms with van der Waals surface area (Å²) in [6.07, 6.45) is 2.41. The topological polar surface area (TPSA) is 75.4 Å². The molecule has 5 heteroatoms. The zero-order valence-corrected chi connectivity index (χ0v) is 11.7. The van der Waals surface area contributed by atoms with Crippen molar-refractivity contribution in [2.75, 3.05) is 19.6 Å². The molecule has 0 aromatic rings. The quantitative estimate of drug-likeness (QED) is 0.767. The number of carbonyl (C=O) groups is 2. The molecule has 1 saturated heterocycles. The second-order valence-corrected chi connectivity index (χ2v) is 6.23. The molecule has 0 saturated carbocycles. The van der Waals surface area contributed by atoms with Crippen LogP contribution in [-0.2, 0) is 9.59 Å². The Kier molecular flexibility index (Phi) is 5.14. The number of piperidine rings is 1. The normalized spacial score (nSPS) is 20.5. The molecule has 1 heterocycles. The van der Waals surface area contributed by atoms with Crippen LogP contribution in [0.25, 0.3) is 0 Å². The second kappa shape index (κ2) is 6.18. The summed E-state index contributed by atoms with van der Waals surface area (Å²) in [5, 5.41) is 3.26. The van der Waals surface area contributed by atoms with Gasteiger partial charge in [0.05, 0.1) is 6.54 Å². The van der Waals surface area contributed by atoms with E-state index >= 15 is 0 Å². The van der Waals surface area contributed by atoms with Gasteiger partial charge in [0.15, 0.2) is 0 Å². The smallest absolute Gasteiger partial charge is 0.237 e. The Labute approximate surface area is 109 Å². The van der Waals surface area contributed by atoms with Gasteiger partial charge in [0.1, 0.15) is 0 Å². The molecule has 1 rings (SSSR count). The highest BCUT2D eigenvalue weighted by Gasteiger charge is 2.28. The average molecular weight is 255 g/mol. The van der Waals surface area contributed by atoms with E-state index in [1.54, 1.807) is 4.90 Å². The standard InChI is InChI=1S/C13H25N3O2/c1-13(2,3)7-12(18)16(9-11(14)17)10-5-4-6-15-8-10/h10,15H,4-9H2,1-3H3,(H2,14,17). The third kappa shape index (κ3) is 5.04. The molecular formula is C13H25N3O2. The van der Waals surface area contributed by atoms with Crippen LogP contribution < -0.4 is 11.1 Å². The van der Waals surface area contributed by atoms with Gasteiger partial charge in [-0.05, 0) is 24.8 Å². The first-order valence-corrected chi connectivity index (χ1v) is 6.58. The molecule has 0 aliphatic carbocycles. The highest BCUT2D eigenvalue weighted by molar-refractivity contribution is 5.84. The van der Waals surface area contributed by atoms with Gasteiger partial charge < -0.3 is 16.0 Å². The molecule has 1 fully saturated rings. The lowest BCUT2D eigenvalue weighted by atomic mass is 9.91. The zero-order valence-electron chi connectivity index (χ0n) is 11.7. The highest BCUT2D eigenvalue weighted by atomic mass is 16.2. The van der Waals surface area contributed by atoms with Gasteiger partial charge in [0.2, 0.25) is 11.8 Å². The van der Waals surface area contributed by atoms with E-state index in [1.807, 2.05) is 20.8 Å². The van der Waals surface area contributed by atoms with Crippen molar-refractivity contribution in [2.45, 2.75) is 46.1 Å². The van der Waals surface area contributed by atoms with E-state index < -0.39 is 5.91 Å². The molecule has 0 spiro atoms. The van der Waals surface area contributed by atoms with Gasteiger partial charge in [0, 0.05) is 19.0 Å². The molecule has 104 valence electrons. The first-order chi connectivity index (χ1) is 8.29. The number of hydrogen-bond acceptors (Lipinski definition) is 3. The van der Waals surface area contributed by atoms with Crippen LogP contribution in [0.5, 0.6) is 0 Å². The summed E-state index contributed by atoms with van der Waals surface area (Å²) in [4.78, 5) is 25.1. The third-order valence-corrected chi connectivity index (χ3v) is 3.04. The molecule has 3 N–H and O–H groups in total. The fourth-order valence-electron chi connectivity index (χ4n) is 2.24. The highest BCUT2D eigenvalue weighted by Crippen LogP contribution is 2.21. The Morgan fingerprint density at radius 1 is 1.39 bits per heavy atom. The summed E-state index contributed by atoms with van der Waals surface area (Å²) in [6, 6.07) is 0.0982. The molecule has 5 nitrogen and oxygen atoms in total. The molecule has 0 radical (unpaired) electrons. The van der Waals surface area contributed by atoms with Gasteiger partial charge in [-0.2, -0.15) is 0 Å². The number of carbonyl (C=O) groups excluding carboxylic acids is 2. The maximum Gasteiger partial charge on any atom is 0.237 e. The van der Waals surface area contributed by atoms with Crippen LogP contribution in [-0.4, -0.2) is 42.4 Å². The van der Waals surface area contributed by atoms with E-state index in [4.69, 9.17) is 5.73 Å². The lowest BCUT2D eigenvalue weighted by molar-refractivity contribution is -0.139. The van der Waals surface area contributed by atoms with E-state index in [9.17, 15) is 9.59 Å². The van der Waals surface area contributed by atoms with Gasteiger partial charge in [-0.25, -0.2) is 0 Å². The van der Waals surface area contributed by atoms with Crippen molar-refractivity contribution in [1.82, 2.24) is 10.2 Å². The van der Waals surface area contributed by atoms with Crippen molar-refractivity contribution in [2.24, 2.45) is 11.1 Å². The van der Waals surface area contributed by atoms with Crippen molar-refractivity contribution in [3.8, 4) is 0 Å². The van der Waals surface area contributed by atoms with Crippen LogP contribution in [0.15, 0.2) is 0 Å². The van der Waals surface area contributed by atoms with Crippen LogP contribution in [0.3, 0.4) is 0 Å². The second-order valence-electron chi connectivity index (χ2n) is 6.23. The van der Waals surface area contributed by atoms with Crippen LogP contribution in [0.4, 0.5) is 0 Å². The molecule has 0 aromatic carbocycles. The van der Waals surface area contributed by atoms with Crippen molar-refractivity contribution in [3.05, 3.63) is 0 Å². The van der Waals surface area contributed by atoms with Gasteiger partial charge >= 0.3 is 0 Å². The number of nitrogens with one attached hydrogen (secondary N) is 1.